The molecule has 0 fully saturated rings. The zero-order valence-electron chi connectivity index (χ0n) is 42.6. The molecule has 0 aliphatic heterocycles. The maximum atomic E-state index is 12.8. The summed E-state index contributed by atoms with van der Waals surface area (Å²) in [6, 6.07) is 0. The van der Waals surface area contributed by atoms with Crippen molar-refractivity contribution < 1.29 is 28.6 Å². The number of allylic oxidation sites excluding steroid dienone is 8. The van der Waals surface area contributed by atoms with Gasteiger partial charge >= 0.3 is 17.9 Å². The van der Waals surface area contributed by atoms with Crippen molar-refractivity contribution in [3.8, 4) is 0 Å². The first-order valence-electron chi connectivity index (χ1n) is 27.6. The van der Waals surface area contributed by atoms with Crippen LogP contribution < -0.4 is 0 Å². The van der Waals surface area contributed by atoms with Crippen molar-refractivity contribution in [3.05, 3.63) is 48.6 Å². The lowest BCUT2D eigenvalue weighted by Crippen LogP contribution is -2.30. The molecular weight excluding hydrogens is 793 g/mol. The first kappa shape index (κ1) is 61.4. The Morgan fingerprint density at radius 1 is 0.328 bits per heavy atom. The fourth-order valence-electron chi connectivity index (χ4n) is 7.92. The second kappa shape index (κ2) is 53.0. The molecule has 0 N–H and O–H groups in total. The molecule has 0 radical (unpaired) electrons. The van der Waals surface area contributed by atoms with Crippen molar-refractivity contribution in [1.82, 2.24) is 0 Å². The molecule has 6 heteroatoms. The SMILES string of the molecule is CC/C=C\C/C=C\C/C=C\CCCCCC(=O)OCC(COC(=O)CCCCCCCCC/C=C\CCCCCCCC)OC(=O)CCCCCCCCCCCCCCCCCC. The van der Waals surface area contributed by atoms with Crippen molar-refractivity contribution in [2.45, 2.75) is 290 Å². The Labute approximate surface area is 397 Å². The summed E-state index contributed by atoms with van der Waals surface area (Å²) < 4.78 is 16.8. The molecule has 0 aliphatic rings. The minimum Gasteiger partial charge on any atom is -0.462 e. The van der Waals surface area contributed by atoms with E-state index in [0.29, 0.717) is 19.3 Å². The number of hydrogen-bond donors (Lipinski definition) is 0. The molecule has 0 aromatic rings. The van der Waals surface area contributed by atoms with Gasteiger partial charge in [-0.15, -0.1) is 0 Å². The van der Waals surface area contributed by atoms with Crippen molar-refractivity contribution in [3.63, 3.8) is 0 Å². The van der Waals surface area contributed by atoms with Crippen LogP contribution in [0.2, 0.25) is 0 Å². The molecular formula is C58H104O6. The van der Waals surface area contributed by atoms with E-state index in [2.05, 4.69) is 69.4 Å². The molecule has 1 atom stereocenters. The lowest BCUT2D eigenvalue weighted by atomic mass is 10.0. The Kier molecular flexibility index (Phi) is 50.8. The van der Waals surface area contributed by atoms with Gasteiger partial charge in [0.1, 0.15) is 13.2 Å². The summed E-state index contributed by atoms with van der Waals surface area (Å²) in [5.41, 5.74) is 0. The molecule has 0 aromatic carbocycles. The number of rotatable bonds is 50. The number of ether oxygens (including phenoxy) is 3. The zero-order chi connectivity index (χ0) is 46.5. The molecule has 0 rings (SSSR count). The van der Waals surface area contributed by atoms with Crippen LogP contribution in [0.1, 0.15) is 284 Å². The van der Waals surface area contributed by atoms with Crippen LogP contribution in [-0.4, -0.2) is 37.2 Å². The Morgan fingerprint density at radius 2 is 0.609 bits per heavy atom. The summed E-state index contributed by atoms with van der Waals surface area (Å²) in [6.07, 6.45) is 63.8. The molecule has 1 unspecified atom stereocenters. The molecule has 0 saturated heterocycles. The second-order valence-corrected chi connectivity index (χ2v) is 18.5. The van der Waals surface area contributed by atoms with E-state index in [4.69, 9.17) is 14.2 Å². The summed E-state index contributed by atoms with van der Waals surface area (Å²) in [5, 5.41) is 0. The summed E-state index contributed by atoms with van der Waals surface area (Å²) in [7, 11) is 0. The maximum Gasteiger partial charge on any atom is 0.306 e. The van der Waals surface area contributed by atoms with Crippen LogP contribution in [0, 0.1) is 0 Å². The fourth-order valence-corrected chi connectivity index (χ4v) is 7.92. The third-order valence-corrected chi connectivity index (χ3v) is 12.1. The first-order valence-corrected chi connectivity index (χ1v) is 27.6. The van der Waals surface area contributed by atoms with Crippen LogP contribution >= 0.6 is 0 Å². The summed E-state index contributed by atoms with van der Waals surface area (Å²) in [6.45, 7) is 6.52. The van der Waals surface area contributed by atoms with E-state index in [9.17, 15) is 14.4 Å². The van der Waals surface area contributed by atoms with Crippen LogP contribution in [0.5, 0.6) is 0 Å². The maximum absolute atomic E-state index is 12.8. The predicted octanol–water partition coefficient (Wildman–Crippen LogP) is 18.3. The van der Waals surface area contributed by atoms with Crippen molar-refractivity contribution >= 4 is 17.9 Å². The average molecular weight is 897 g/mol. The largest absolute Gasteiger partial charge is 0.462 e. The number of hydrogen-bond acceptors (Lipinski definition) is 6. The van der Waals surface area contributed by atoms with E-state index in [1.807, 2.05) is 0 Å². The summed E-state index contributed by atoms with van der Waals surface area (Å²) in [5.74, 6) is -0.904. The molecule has 0 spiro atoms. The van der Waals surface area contributed by atoms with Gasteiger partial charge in [0, 0.05) is 19.3 Å². The Balaban J connectivity index is 4.37. The van der Waals surface area contributed by atoms with Crippen molar-refractivity contribution in [1.29, 1.82) is 0 Å². The van der Waals surface area contributed by atoms with Crippen LogP contribution in [-0.2, 0) is 28.6 Å². The van der Waals surface area contributed by atoms with E-state index in [-0.39, 0.29) is 31.1 Å². The standard InChI is InChI=1S/C58H104O6/c1-4-7-10-13-16-19-22-25-27-29-31-33-36-39-42-45-48-51-57(60)63-54-55(53-62-56(59)50-47-44-41-38-35-32-24-21-18-15-12-9-6-3)64-58(61)52-49-46-43-40-37-34-30-28-26-23-20-17-14-11-8-5-2/h9,12,18,21,25,27,32,35,55H,4-8,10-11,13-17,19-20,22-24,26,28-31,33-34,36-54H2,1-3H3/b12-9-,21-18-,27-25-,35-32-. The van der Waals surface area contributed by atoms with Gasteiger partial charge in [0.05, 0.1) is 0 Å². The first-order chi connectivity index (χ1) is 31.5. The minimum absolute atomic E-state index is 0.0822. The number of unbranched alkanes of at least 4 members (excludes halogenated alkanes) is 31. The predicted molar refractivity (Wildman–Crippen MR) is 275 cm³/mol. The highest BCUT2D eigenvalue weighted by Gasteiger charge is 2.19. The van der Waals surface area contributed by atoms with Crippen molar-refractivity contribution in [2.75, 3.05) is 13.2 Å². The highest BCUT2D eigenvalue weighted by Crippen LogP contribution is 2.16. The van der Waals surface area contributed by atoms with E-state index in [1.54, 1.807) is 0 Å². The summed E-state index contributed by atoms with van der Waals surface area (Å²) >= 11 is 0. The van der Waals surface area contributed by atoms with E-state index in [1.165, 1.54) is 161 Å². The molecule has 0 heterocycles. The highest BCUT2D eigenvalue weighted by molar-refractivity contribution is 5.71. The summed E-state index contributed by atoms with van der Waals surface area (Å²) in [4.78, 5) is 38.1. The lowest BCUT2D eigenvalue weighted by molar-refractivity contribution is -0.167. The smallest absolute Gasteiger partial charge is 0.306 e. The highest BCUT2D eigenvalue weighted by atomic mass is 16.6. The number of carbonyl (C=O) groups excluding carboxylic acids is 3. The van der Waals surface area contributed by atoms with E-state index < -0.39 is 6.10 Å². The van der Waals surface area contributed by atoms with Crippen LogP contribution in [0.25, 0.3) is 0 Å². The topological polar surface area (TPSA) is 78.9 Å². The van der Waals surface area contributed by atoms with Gasteiger partial charge in [-0.1, -0.05) is 236 Å². The molecule has 0 aliphatic carbocycles. The zero-order valence-corrected chi connectivity index (χ0v) is 42.6. The molecule has 372 valence electrons. The molecule has 64 heavy (non-hydrogen) atoms. The van der Waals surface area contributed by atoms with Gasteiger partial charge < -0.3 is 14.2 Å². The minimum atomic E-state index is -0.784. The fraction of sp³-hybridized carbons (Fsp3) is 0.810. The lowest BCUT2D eigenvalue weighted by Gasteiger charge is -2.18. The van der Waals surface area contributed by atoms with Crippen LogP contribution in [0.4, 0.5) is 0 Å². The Hall–Kier alpha value is -2.63. The average Bonchev–Trinajstić information content (AvgIpc) is 3.29. The van der Waals surface area contributed by atoms with E-state index >= 15 is 0 Å². The normalized spacial score (nSPS) is 12.4. The molecule has 0 amide bonds. The molecule has 0 bridgehead atoms. The third kappa shape index (κ3) is 50.4. The van der Waals surface area contributed by atoms with Crippen LogP contribution in [0.15, 0.2) is 48.6 Å². The van der Waals surface area contributed by atoms with Crippen molar-refractivity contribution in [2.24, 2.45) is 0 Å². The third-order valence-electron chi connectivity index (χ3n) is 12.1. The Bertz CT molecular complexity index is 1120. The van der Waals surface area contributed by atoms with Gasteiger partial charge in [0.15, 0.2) is 6.10 Å². The molecule has 0 aromatic heterocycles. The molecule has 0 saturated carbocycles. The van der Waals surface area contributed by atoms with Gasteiger partial charge in [-0.2, -0.15) is 0 Å². The van der Waals surface area contributed by atoms with Gasteiger partial charge in [-0.25, -0.2) is 0 Å². The van der Waals surface area contributed by atoms with Gasteiger partial charge in [-0.3, -0.25) is 14.4 Å². The Morgan fingerprint density at radius 3 is 0.984 bits per heavy atom. The second-order valence-electron chi connectivity index (χ2n) is 18.5. The monoisotopic (exact) mass is 897 g/mol. The van der Waals surface area contributed by atoms with E-state index in [0.717, 1.165) is 83.5 Å². The quantitative estimate of drug-likeness (QED) is 0.0262. The number of esters is 3. The van der Waals surface area contributed by atoms with Crippen LogP contribution in [0.3, 0.4) is 0 Å². The van der Waals surface area contributed by atoms with Gasteiger partial charge in [0.25, 0.3) is 0 Å². The molecule has 6 nitrogen and oxygen atoms in total. The van der Waals surface area contributed by atoms with Gasteiger partial charge in [0.2, 0.25) is 0 Å². The number of carbonyl (C=O) groups is 3. The van der Waals surface area contributed by atoms with Gasteiger partial charge in [-0.05, 0) is 77.0 Å².